The quantitative estimate of drug-likeness (QED) is 0.884. The van der Waals surface area contributed by atoms with Crippen LogP contribution in [0, 0.1) is 23.2 Å². The number of aryl methyl sites for hydroxylation is 1. The van der Waals surface area contributed by atoms with Crippen LogP contribution >= 0.6 is 0 Å². The standard InChI is InChI=1S/C16H25N3O/c1-19-9-14(8-18-19)16(20,10-17)15-5-11-2-12(6-15)4-13(3-11)7-15/h8-9,11-13,20H,2-7,10,17H2,1H3. The molecule has 4 bridgehead atoms. The van der Waals surface area contributed by atoms with Crippen molar-refractivity contribution in [3.8, 4) is 0 Å². The summed E-state index contributed by atoms with van der Waals surface area (Å²) in [6.07, 6.45) is 11.4. The predicted octanol–water partition coefficient (Wildman–Crippen LogP) is 1.78. The summed E-state index contributed by atoms with van der Waals surface area (Å²) in [4.78, 5) is 0. The molecule has 3 N–H and O–H groups in total. The maximum absolute atomic E-state index is 11.5. The van der Waals surface area contributed by atoms with Crippen molar-refractivity contribution >= 4 is 0 Å². The van der Waals surface area contributed by atoms with E-state index in [1.165, 1.54) is 19.3 Å². The zero-order valence-corrected chi connectivity index (χ0v) is 12.3. The van der Waals surface area contributed by atoms with Gasteiger partial charge in [0.1, 0.15) is 5.60 Å². The average Bonchev–Trinajstić information content (AvgIpc) is 2.83. The molecule has 4 aliphatic carbocycles. The Hall–Kier alpha value is -0.870. The highest BCUT2D eigenvalue weighted by Gasteiger charge is 2.60. The van der Waals surface area contributed by atoms with E-state index in [0.29, 0.717) is 6.54 Å². The molecule has 110 valence electrons. The van der Waals surface area contributed by atoms with Crippen LogP contribution in [0.4, 0.5) is 0 Å². The fourth-order valence-corrected chi connectivity index (χ4v) is 5.89. The molecule has 4 aliphatic rings. The lowest BCUT2D eigenvalue weighted by Gasteiger charge is -2.62. The number of rotatable bonds is 3. The highest BCUT2D eigenvalue weighted by molar-refractivity contribution is 5.24. The van der Waals surface area contributed by atoms with E-state index in [2.05, 4.69) is 5.10 Å². The lowest BCUT2D eigenvalue weighted by molar-refractivity contribution is -0.180. The molecule has 0 spiro atoms. The zero-order chi connectivity index (χ0) is 14.0. The molecule has 0 radical (unpaired) electrons. The van der Waals surface area contributed by atoms with Crippen LogP contribution in [0.5, 0.6) is 0 Å². The Kier molecular flexibility index (Phi) is 2.62. The second-order valence-corrected chi connectivity index (χ2v) is 7.66. The number of nitrogens with two attached hydrogens (primary N) is 1. The Morgan fingerprint density at radius 2 is 1.85 bits per heavy atom. The normalized spacial score (nSPS) is 41.9. The molecule has 20 heavy (non-hydrogen) atoms. The fraction of sp³-hybridized carbons (Fsp3) is 0.812. The zero-order valence-electron chi connectivity index (χ0n) is 12.3. The van der Waals surface area contributed by atoms with Gasteiger partial charge in [-0.1, -0.05) is 0 Å². The van der Waals surface area contributed by atoms with E-state index in [-0.39, 0.29) is 5.41 Å². The summed E-state index contributed by atoms with van der Waals surface area (Å²) < 4.78 is 1.77. The monoisotopic (exact) mass is 275 g/mol. The van der Waals surface area contributed by atoms with Gasteiger partial charge in [0.25, 0.3) is 0 Å². The van der Waals surface area contributed by atoms with Crippen molar-refractivity contribution in [1.29, 1.82) is 0 Å². The molecule has 4 nitrogen and oxygen atoms in total. The smallest absolute Gasteiger partial charge is 0.110 e. The van der Waals surface area contributed by atoms with E-state index in [1.807, 2.05) is 19.4 Å². The second kappa shape index (κ2) is 4.08. The summed E-state index contributed by atoms with van der Waals surface area (Å²) in [5.41, 5.74) is 6.11. The van der Waals surface area contributed by atoms with Crippen molar-refractivity contribution in [1.82, 2.24) is 9.78 Å². The molecule has 1 aromatic heterocycles. The van der Waals surface area contributed by atoms with Crippen LogP contribution in [-0.4, -0.2) is 21.4 Å². The number of aliphatic hydroxyl groups is 1. The van der Waals surface area contributed by atoms with Gasteiger partial charge in [0, 0.05) is 30.8 Å². The summed E-state index contributed by atoms with van der Waals surface area (Å²) in [6.45, 7) is 0.310. The van der Waals surface area contributed by atoms with Gasteiger partial charge in [-0.15, -0.1) is 0 Å². The molecule has 0 aliphatic heterocycles. The molecule has 0 saturated heterocycles. The minimum atomic E-state index is -0.892. The van der Waals surface area contributed by atoms with Crippen LogP contribution in [0.25, 0.3) is 0 Å². The third-order valence-corrected chi connectivity index (χ3v) is 6.39. The molecule has 0 amide bonds. The van der Waals surface area contributed by atoms with Gasteiger partial charge >= 0.3 is 0 Å². The molecule has 1 heterocycles. The Bertz CT molecular complexity index is 488. The lowest BCUT2D eigenvalue weighted by Crippen LogP contribution is -2.59. The molecule has 0 aromatic carbocycles. The van der Waals surface area contributed by atoms with Crippen molar-refractivity contribution in [3.05, 3.63) is 18.0 Å². The van der Waals surface area contributed by atoms with Gasteiger partial charge in [0.15, 0.2) is 0 Å². The fourth-order valence-electron chi connectivity index (χ4n) is 5.89. The first-order valence-electron chi connectivity index (χ1n) is 7.96. The molecule has 4 fully saturated rings. The summed E-state index contributed by atoms with van der Waals surface area (Å²) >= 11 is 0. The van der Waals surface area contributed by atoms with Crippen LogP contribution in [-0.2, 0) is 12.6 Å². The highest BCUT2D eigenvalue weighted by Crippen LogP contribution is 2.65. The Morgan fingerprint density at radius 1 is 1.30 bits per heavy atom. The van der Waals surface area contributed by atoms with E-state index in [1.54, 1.807) is 4.68 Å². The highest BCUT2D eigenvalue weighted by atomic mass is 16.3. The van der Waals surface area contributed by atoms with Crippen LogP contribution in [0.15, 0.2) is 12.4 Å². The molecular weight excluding hydrogens is 250 g/mol. The minimum Gasteiger partial charge on any atom is -0.383 e. The van der Waals surface area contributed by atoms with E-state index in [4.69, 9.17) is 5.73 Å². The number of aromatic nitrogens is 2. The van der Waals surface area contributed by atoms with Gasteiger partial charge in [0.2, 0.25) is 0 Å². The Morgan fingerprint density at radius 3 is 2.25 bits per heavy atom. The molecule has 1 atom stereocenters. The summed E-state index contributed by atoms with van der Waals surface area (Å²) in [5, 5.41) is 15.8. The molecule has 4 saturated carbocycles. The summed E-state index contributed by atoms with van der Waals surface area (Å²) in [7, 11) is 1.90. The summed E-state index contributed by atoms with van der Waals surface area (Å²) in [6, 6.07) is 0. The molecule has 1 aromatic rings. The van der Waals surface area contributed by atoms with E-state index in [0.717, 1.165) is 42.6 Å². The molecular formula is C16H25N3O. The Labute approximate surface area is 120 Å². The summed E-state index contributed by atoms with van der Waals surface area (Å²) in [5.74, 6) is 2.45. The van der Waals surface area contributed by atoms with E-state index < -0.39 is 5.60 Å². The van der Waals surface area contributed by atoms with Crippen LogP contribution in [0.3, 0.4) is 0 Å². The molecule has 5 rings (SSSR count). The van der Waals surface area contributed by atoms with Crippen LogP contribution < -0.4 is 5.73 Å². The predicted molar refractivity (Wildman–Crippen MR) is 76.8 cm³/mol. The van der Waals surface area contributed by atoms with Crippen molar-refractivity contribution < 1.29 is 5.11 Å². The molecule has 4 heteroatoms. The first kappa shape index (κ1) is 12.8. The van der Waals surface area contributed by atoms with Gasteiger partial charge in [0.05, 0.1) is 6.20 Å². The van der Waals surface area contributed by atoms with E-state index >= 15 is 0 Å². The third-order valence-electron chi connectivity index (χ3n) is 6.39. The number of hydrogen-bond donors (Lipinski definition) is 2. The maximum Gasteiger partial charge on any atom is 0.110 e. The van der Waals surface area contributed by atoms with E-state index in [9.17, 15) is 5.11 Å². The van der Waals surface area contributed by atoms with Gasteiger partial charge in [-0.3, -0.25) is 4.68 Å². The maximum atomic E-state index is 11.5. The Balaban J connectivity index is 1.77. The average molecular weight is 275 g/mol. The number of nitrogens with zero attached hydrogens (tertiary/aromatic N) is 2. The lowest BCUT2D eigenvalue weighted by atomic mass is 9.44. The minimum absolute atomic E-state index is 0.000463. The largest absolute Gasteiger partial charge is 0.383 e. The van der Waals surface area contributed by atoms with Crippen molar-refractivity contribution in [2.24, 2.45) is 36.0 Å². The second-order valence-electron chi connectivity index (χ2n) is 7.66. The number of hydrogen-bond acceptors (Lipinski definition) is 3. The van der Waals surface area contributed by atoms with Crippen LogP contribution in [0.1, 0.15) is 44.1 Å². The first-order valence-corrected chi connectivity index (χ1v) is 7.96. The van der Waals surface area contributed by atoms with Gasteiger partial charge in [-0.25, -0.2) is 0 Å². The van der Waals surface area contributed by atoms with Gasteiger partial charge in [-0.2, -0.15) is 5.10 Å². The van der Waals surface area contributed by atoms with Gasteiger partial charge in [-0.05, 0) is 56.3 Å². The van der Waals surface area contributed by atoms with Gasteiger partial charge < -0.3 is 10.8 Å². The van der Waals surface area contributed by atoms with Crippen LogP contribution in [0.2, 0.25) is 0 Å². The third kappa shape index (κ3) is 1.58. The van der Waals surface area contributed by atoms with Crippen molar-refractivity contribution in [2.45, 2.75) is 44.1 Å². The van der Waals surface area contributed by atoms with Crippen molar-refractivity contribution in [3.63, 3.8) is 0 Å². The topological polar surface area (TPSA) is 64.1 Å². The SMILES string of the molecule is Cn1cc(C(O)(CN)C23CC4CC(CC(C4)C2)C3)cn1. The molecule has 1 unspecified atom stereocenters. The van der Waals surface area contributed by atoms with Crippen molar-refractivity contribution in [2.75, 3.05) is 6.54 Å². The first-order chi connectivity index (χ1) is 9.54.